The van der Waals surface area contributed by atoms with Gasteiger partial charge in [-0.1, -0.05) is 18.2 Å². The molecule has 2 fully saturated rings. The second-order valence-electron chi connectivity index (χ2n) is 7.38. The summed E-state index contributed by atoms with van der Waals surface area (Å²) in [6.07, 6.45) is 8.66. The highest BCUT2D eigenvalue weighted by Crippen LogP contribution is 2.26. The Morgan fingerprint density at radius 2 is 1.89 bits per heavy atom. The molecule has 0 bridgehead atoms. The van der Waals surface area contributed by atoms with Crippen molar-refractivity contribution in [2.45, 2.75) is 44.2 Å². The van der Waals surface area contributed by atoms with Crippen LogP contribution in [0.1, 0.15) is 32.1 Å². The Hall–Kier alpha value is -2.96. The number of hydrogen-bond acceptors (Lipinski definition) is 5. The van der Waals surface area contributed by atoms with Gasteiger partial charge in [-0.15, -0.1) is 0 Å². The molecular formula is C21H24N4O3. The second kappa shape index (κ2) is 8.37. The quantitative estimate of drug-likeness (QED) is 0.861. The van der Waals surface area contributed by atoms with Crippen molar-refractivity contribution in [3.8, 4) is 5.88 Å². The van der Waals surface area contributed by atoms with Gasteiger partial charge >= 0.3 is 0 Å². The first-order valence-electron chi connectivity index (χ1n) is 9.77. The number of amides is 2. The Kier molecular flexibility index (Phi) is 5.50. The third-order valence-electron chi connectivity index (χ3n) is 5.41. The number of carbonyl (C=O) groups excluding carboxylic acids is 2. The smallest absolute Gasteiger partial charge is 0.232 e. The second-order valence-corrected chi connectivity index (χ2v) is 7.38. The maximum absolute atomic E-state index is 12.7. The molecule has 7 heteroatoms. The molecule has 1 atom stereocenters. The van der Waals surface area contributed by atoms with Crippen LogP contribution in [0.3, 0.4) is 0 Å². The van der Waals surface area contributed by atoms with Gasteiger partial charge in [-0.2, -0.15) is 0 Å². The molecule has 146 valence electrons. The standard InChI is InChI=1S/C21H24N4O3/c26-20-12-15(14-25(20)17-4-2-1-3-5-17)21(27)24-16-6-8-18(9-7-16)28-19-13-22-10-11-23-19/h1-5,10-11,13,15-16,18H,6-9,12,14H2,(H,24,27)/t15-,16?,18?/m0/s1. The predicted octanol–water partition coefficient (Wildman–Crippen LogP) is 2.34. The summed E-state index contributed by atoms with van der Waals surface area (Å²) >= 11 is 0. The van der Waals surface area contributed by atoms with Crippen molar-refractivity contribution in [3.05, 3.63) is 48.9 Å². The number of aromatic nitrogens is 2. The lowest BCUT2D eigenvalue weighted by molar-refractivity contribution is -0.127. The highest BCUT2D eigenvalue weighted by Gasteiger charge is 2.36. The maximum Gasteiger partial charge on any atom is 0.232 e. The molecule has 2 heterocycles. The number of anilines is 1. The Labute approximate surface area is 164 Å². The summed E-state index contributed by atoms with van der Waals surface area (Å²) in [5.74, 6) is 0.235. The van der Waals surface area contributed by atoms with Crippen molar-refractivity contribution in [3.63, 3.8) is 0 Å². The van der Waals surface area contributed by atoms with Gasteiger partial charge in [0.2, 0.25) is 17.7 Å². The van der Waals surface area contributed by atoms with Crippen LogP contribution in [0.25, 0.3) is 0 Å². The number of carbonyl (C=O) groups is 2. The van der Waals surface area contributed by atoms with Crippen LogP contribution < -0.4 is 15.0 Å². The fourth-order valence-corrected chi connectivity index (χ4v) is 3.90. The number of ether oxygens (including phenoxy) is 1. The molecule has 28 heavy (non-hydrogen) atoms. The first-order valence-corrected chi connectivity index (χ1v) is 9.77. The van der Waals surface area contributed by atoms with Gasteiger partial charge in [0.15, 0.2) is 0 Å². The monoisotopic (exact) mass is 380 g/mol. The van der Waals surface area contributed by atoms with Gasteiger partial charge in [0.25, 0.3) is 0 Å². The Balaban J connectivity index is 1.25. The van der Waals surface area contributed by atoms with Gasteiger partial charge in [0.05, 0.1) is 12.1 Å². The maximum atomic E-state index is 12.7. The molecule has 7 nitrogen and oxygen atoms in total. The van der Waals surface area contributed by atoms with E-state index in [1.165, 1.54) is 0 Å². The Morgan fingerprint density at radius 3 is 2.61 bits per heavy atom. The van der Waals surface area contributed by atoms with Crippen molar-refractivity contribution in [1.29, 1.82) is 0 Å². The topological polar surface area (TPSA) is 84.4 Å². The Morgan fingerprint density at radius 1 is 1.11 bits per heavy atom. The zero-order valence-electron chi connectivity index (χ0n) is 15.7. The fraction of sp³-hybridized carbons (Fsp3) is 0.429. The molecule has 1 aliphatic heterocycles. The molecule has 0 spiro atoms. The number of nitrogens with one attached hydrogen (secondary N) is 1. The molecule has 4 rings (SSSR count). The molecule has 1 saturated carbocycles. The van der Waals surface area contributed by atoms with E-state index in [4.69, 9.17) is 4.74 Å². The van der Waals surface area contributed by atoms with Crippen LogP contribution in [0.2, 0.25) is 0 Å². The van der Waals surface area contributed by atoms with Crippen molar-refractivity contribution in [2.24, 2.45) is 5.92 Å². The number of para-hydroxylation sites is 1. The highest BCUT2D eigenvalue weighted by molar-refractivity contribution is 6.00. The third-order valence-corrected chi connectivity index (χ3v) is 5.41. The molecule has 1 aromatic carbocycles. The SMILES string of the molecule is O=C(NC1CCC(Oc2cnccn2)CC1)[C@H]1CC(=O)N(c2ccccc2)C1. The van der Waals surface area contributed by atoms with E-state index in [1.54, 1.807) is 23.5 Å². The van der Waals surface area contributed by atoms with Crippen LogP contribution in [0.4, 0.5) is 5.69 Å². The molecule has 1 aliphatic carbocycles. The first-order chi connectivity index (χ1) is 13.7. The van der Waals surface area contributed by atoms with E-state index in [-0.39, 0.29) is 36.3 Å². The lowest BCUT2D eigenvalue weighted by atomic mass is 9.92. The third kappa shape index (κ3) is 4.30. The average molecular weight is 380 g/mol. The number of rotatable bonds is 5. The van der Waals surface area contributed by atoms with E-state index in [2.05, 4.69) is 15.3 Å². The summed E-state index contributed by atoms with van der Waals surface area (Å²) in [6.45, 7) is 0.444. The van der Waals surface area contributed by atoms with E-state index in [0.29, 0.717) is 12.4 Å². The van der Waals surface area contributed by atoms with E-state index in [9.17, 15) is 9.59 Å². The molecule has 0 radical (unpaired) electrons. The van der Waals surface area contributed by atoms with Gasteiger partial charge in [0.1, 0.15) is 6.10 Å². The molecule has 1 N–H and O–H groups in total. The van der Waals surface area contributed by atoms with Gasteiger partial charge < -0.3 is 15.0 Å². The van der Waals surface area contributed by atoms with Gasteiger partial charge in [-0.05, 0) is 37.8 Å². The average Bonchev–Trinajstić information content (AvgIpc) is 3.13. The molecule has 0 unspecified atom stereocenters. The predicted molar refractivity (Wildman–Crippen MR) is 104 cm³/mol. The lowest BCUT2D eigenvalue weighted by Crippen LogP contribution is -2.43. The van der Waals surface area contributed by atoms with Crippen molar-refractivity contribution in [2.75, 3.05) is 11.4 Å². The van der Waals surface area contributed by atoms with Gasteiger partial charge in [-0.25, -0.2) is 4.98 Å². The van der Waals surface area contributed by atoms with Crippen molar-refractivity contribution in [1.82, 2.24) is 15.3 Å². The zero-order chi connectivity index (χ0) is 19.3. The fourth-order valence-electron chi connectivity index (χ4n) is 3.90. The summed E-state index contributed by atoms with van der Waals surface area (Å²) in [5.41, 5.74) is 0.851. The minimum atomic E-state index is -0.290. The summed E-state index contributed by atoms with van der Waals surface area (Å²) < 4.78 is 5.85. The molecular weight excluding hydrogens is 356 g/mol. The van der Waals surface area contributed by atoms with Crippen LogP contribution in [0.15, 0.2) is 48.9 Å². The summed E-state index contributed by atoms with van der Waals surface area (Å²) in [4.78, 5) is 34.8. The van der Waals surface area contributed by atoms with Crippen LogP contribution in [-0.2, 0) is 9.59 Å². The number of nitrogens with zero attached hydrogens (tertiary/aromatic N) is 3. The largest absolute Gasteiger partial charge is 0.473 e. The summed E-state index contributed by atoms with van der Waals surface area (Å²) in [7, 11) is 0. The van der Waals surface area contributed by atoms with E-state index in [0.717, 1.165) is 31.4 Å². The molecule has 2 aromatic rings. The van der Waals surface area contributed by atoms with E-state index >= 15 is 0 Å². The number of benzene rings is 1. The van der Waals surface area contributed by atoms with Gasteiger partial charge in [-0.3, -0.25) is 14.6 Å². The lowest BCUT2D eigenvalue weighted by Gasteiger charge is -2.29. The van der Waals surface area contributed by atoms with Crippen LogP contribution in [0.5, 0.6) is 5.88 Å². The zero-order valence-corrected chi connectivity index (χ0v) is 15.7. The molecule has 1 aromatic heterocycles. The van der Waals surface area contributed by atoms with Crippen LogP contribution in [-0.4, -0.2) is 40.5 Å². The molecule has 1 saturated heterocycles. The van der Waals surface area contributed by atoms with Gasteiger partial charge in [0, 0.05) is 37.1 Å². The van der Waals surface area contributed by atoms with Crippen molar-refractivity contribution >= 4 is 17.5 Å². The van der Waals surface area contributed by atoms with E-state index < -0.39 is 0 Å². The minimum Gasteiger partial charge on any atom is -0.473 e. The summed E-state index contributed by atoms with van der Waals surface area (Å²) in [5, 5.41) is 3.14. The molecule has 2 aliphatic rings. The summed E-state index contributed by atoms with van der Waals surface area (Å²) in [6, 6.07) is 9.65. The minimum absolute atomic E-state index is 0.00688. The first kappa shape index (κ1) is 18.4. The van der Waals surface area contributed by atoms with Crippen LogP contribution >= 0.6 is 0 Å². The number of hydrogen-bond donors (Lipinski definition) is 1. The normalized spacial score (nSPS) is 24.8. The van der Waals surface area contributed by atoms with E-state index in [1.807, 2.05) is 30.3 Å². The molecule has 2 amide bonds. The van der Waals surface area contributed by atoms with Crippen LogP contribution in [0, 0.1) is 5.92 Å². The Bertz CT molecular complexity index is 807. The van der Waals surface area contributed by atoms with Crippen molar-refractivity contribution < 1.29 is 14.3 Å². The highest BCUT2D eigenvalue weighted by atomic mass is 16.5.